The molecule has 0 radical (unpaired) electrons. The molecule has 3 rings (SSSR count). The molecule has 7 heteroatoms. The first-order chi connectivity index (χ1) is 11.3. The number of nitrogens with zero attached hydrogens (tertiary/aromatic N) is 1. The lowest BCUT2D eigenvalue weighted by molar-refractivity contribution is 0.0934. The highest BCUT2D eigenvalue weighted by Gasteiger charge is 2.20. The molecule has 0 aromatic heterocycles. The lowest BCUT2D eigenvalue weighted by Crippen LogP contribution is -2.45. The Morgan fingerprint density at radius 3 is 2.79 bits per heavy atom. The van der Waals surface area contributed by atoms with Crippen LogP contribution >= 0.6 is 24.0 Å². The molecule has 0 saturated carbocycles. The largest absolute Gasteiger partial charge is 0.486 e. The minimum atomic E-state index is -0.0263. The molecule has 2 aliphatic heterocycles. The fourth-order valence-corrected chi connectivity index (χ4v) is 2.82. The first-order valence-corrected chi connectivity index (χ1v) is 8.30. The molecule has 0 amide bonds. The number of aliphatic imine (C=N–C) groups is 1. The van der Waals surface area contributed by atoms with E-state index < -0.39 is 0 Å². The van der Waals surface area contributed by atoms with Gasteiger partial charge in [-0.25, -0.2) is 0 Å². The van der Waals surface area contributed by atoms with Crippen LogP contribution in [0.5, 0.6) is 11.5 Å². The standard InChI is InChI=1S/C17H25N3O3.HI/c1-18-17(19-9-8-13-5-4-10-21-13)20-11-14-12-22-15-6-2-3-7-16(15)23-14;/h2-3,6-7,13-14H,4-5,8-12H2,1H3,(H2,18,19,20);1H. The van der Waals surface area contributed by atoms with Crippen LogP contribution < -0.4 is 20.1 Å². The van der Waals surface area contributed by atoms with Gasteiger partial charge in [0.2, 0.25) is 0 Å². The number of halogens is 1. The van der Waals surface area contributed by atoms with Gasteiger partial charge >= 0.3 is 0 Å². The summed E-state index contributed by atoms with van der Waals surface area (Å²) in [5.41, 5.74) is 0. The zero-order chi connectivity index (χ0) is 15.9. The van der Waals surface area contributed by atoms with Crippen molar-refractivity contribution in [3.63, 3.8) is 0 Å². The third-order valence-corrected chi connectivity index (χ3v) is 4.07. The van der Waals surface area contributed by atoms with Crippen LogP contribution in [0.25, 0.3) is 0 Å². The molecule has 2 heterocycles. The van der Waals surface area contributed by atoms with E-state index in [0.717, 1.165) is 37.0 Å². The van der Waals surface area contributed by atoms with Crippen molar-refractivity contribution in [2.24, 2.45) is 4.99 Å². The molecule has 2 unspecified atom stereocenters. The van der Waals surface area contributed by atoms with Gasteiger partial charge in [-0.2, -0.15) is 0 Å². The summed E-state index contributed by atoms with van der Waals surface area (Å²) in [5.74, 6) is 2.39. The SMILES string of the molecule is CN=C(NCCC1CCCO1)NCC1COc2ccccc2O1.I. The van der Waals surface area contributed by atoms with Crippen LogP contribution in [0, 0.1) is 0 Å². The third kappa shape index (κ3) is 5.41. The number of benzene rings is 1. The average molecular weight is 447 g/mol. The maximum atomic E-state index is 5.92. The Labute approximate surface area is 160 Å². The Bertz CT molecular complexity index is 536. The van der Waals surface area contributed by atoms with Gasteiger partial charge < -0.3 is 24.8 Å². The van der Waals surface area contributed by atoms with Gasteiger partial charge in [-0.3, -0.25) is 4.99 Å². The highest BCUT2D eigenvalue weighted by Crippen LogP contribution is 2.30. The first kappa shape index (κ1) is 19.1. The highest BCUT2D eigenvalue weighted by atomic mass is 127. The van der Waals surface area contributed by atoms with Crippen LogP contribution in [0.4, 0.5) is 0 Å². The van der Waals surface area contributed by atoms with E-state index in [1.54, 1.807) is 7.05 Å². The zero-order valence-corrected chi connectivity index (χ0v) is 16.3. The molecular weight excluding hydrogens is 421 g/mol. The van der Waals surface area contributed by atoms with Crippen LogP contribution in [0.15, 0.2) is 29.3 Å². The smallest absolute Gasteiger partial charge is 0.191 e. The first-order valence-electron chi connectivity index (χ1n) is 8.30. The van der Waals surface area contributed by atoms with Crippen LogP contribution in [-0.4, -0.2) is 51.5 Å². The minimum absolute atomic E-state index is 0. The third-order valence-electron chi connectivity index (χ3n) is 4.07. The van der Waals surface area contributed by atoms with Gasteiger partial charge in [0.15, 0.2) is 17.5 Å². The highest BCUT2D eigenvalue weighted by molar-refractivity contribution is 14.0. The number of ether oxygens (including phenoxy) is 3. The molecule has 0 bridgehead atoms. The number of rotatable bonds is 5. The molecule has 1 aromatic rings. The molecule has 24 heavy (non-hydrogen) atoms. The summed E-state index contributed by atoms with van der Waals surface area (Å²) in [7, 11) is 1.77. The Hall–Kier alpha value is -1.22. The molecule has 1 aromatic carbocycles. The van der Waals surface area contributed by atoms with Gasteiger partial charge in [-0.15, -0.1) is 24.0 Å². The Balaban J connectivity index is 0.00000208. The molecule has 0 spiro atoms. The Morgan fingerprint density at radius 1 is 1.21 bits per heavy atom. The van der Waals surface area contributed by atoms with E-state index in [1.807, 2.05) is 24.3 Å². The van der Waals surface area contributed by atoms with Crippen LogP contribution in [0.1, 0.15) is 19.3 Å². The monoisotopic (exact) mass is 447 g/mol. The average Bonchev–Trinajstić information content (AvgIpc) is 3.11. The quantitative estimate of drug-likeness (QED) is 0.412. The number of fused-ring (bicyclic) bond motifs is 1. The summed E-state index contributed by atoms with van der Waals surface area (Å²) in [4.78, 5) is 4.24. The maximum Gasteiger partial charge on any atom is 0.191 e. The number of nitrogens with one attached hydrogen (secondary N) is 2. The topological polar surface area (TPSA) is 64.1 Å². The number of hydrogen-bond donors (Lipinski definition) is 2. The van der Waals surface area contributed by atoms with E-state index in [0.29, 0.717) is 19.3 Å². The van der Waals surface area contributed by atoms with E-state index in [1.165, 1.54) is 12.8 Å². The summed E-state index contributed by atoms with van der Waals surface area (Å²) in [5, 5.41) is 6.61. The fraction of sp³-hybridized carbons (Fsp3) is 0.588. The van der Waals surface area contributed by atoms with Crippen molar-refractivity contribution in [3.05, 3.63) is 24.3 Å². The van der Waals surface area contributed by atoms with Crippen LogP contribution in [-0.2, 0) is 4.74 Å². The van der Waals surface area contributed by atoms with Crippen molar-refractivity contribution in [1.29, 1.82) is 0 Å². The van der Waals surface area contributed by atoms with Gasteiger partial charge in [0.05, 0.1) is 12.6 Å². The van der Waals surface area contributed by atoms with Crippen molar-refractivity contribution >= 4 is 29.9 Å². The molecule has 6 nitrogen and oxygen atoms in total. The maximum absolute atomic E-state index is 5.92. The molecule has 2 N–H and O–H groups in total. The number of guanidine groups is 1. The molecule has 0 aliphatic carbocycles. The molecule has 2 aliphatic rings. The molecule has 2 atom stereocenters. The summed E-state index contributed by atoms with van der Waals surface area (Å²) in [6.45, 7) is 2.94. The van der Waals surface area contributed by atoms with Crippen molar-refractivity contribution in [3.8, 4) is 11.5 Å². The van der Waals surface area contributed by atoms with Gasteiger partial charge in [-0.05, 0) is 31.4 Å². The van der Waals surface area contributed by atoms with Gasteiger partial charge in [0.25, 0.3) is 0 Å². The summed E-state index contributed by atoms with van der Waals surface area (Å²) in [6, 6.07) is 7.74. The lowest BCUT2D eigenvalue weighted by Gasteiger charge is -2.27. The second kappa shape index (κ2) is 9.93. The van der Waals surface area contributed by atoms with E-state index in [-0.39, 0.29) is 30.1 Å². The second-order valence-corrected chi connectivity index (χ2v) is 5.80. The van der Waals surface area contributed by atoms with Gasteiger partial charge in [-0.1, -0.05) is 12.1 Å². The van der Waals surface area contributed by atoms with Crippen molar-refractivity contribution in [2.45, 2.75) is 31.5 Å². The summed E-state index contributed by atoms with van der Waals surface area (Å²) < 4.78 is 17.3. The van der Waals surface area contributed by atoms with Crippen molar-refractivity contribution < 1.29 is 14.2 Å². The summed E-state index contributed by atoms with van der Waals surface area (Å²) >= 11 is 0. The van der Waals surface area contributed by atoms with E-state index in [2.05, 4.69) is 15.6 Å². The Kier molecular flexibility index (Phi) is 7.90. The Morgan fingerprint density at radius 2 is 2.04 bits per heavy atom. The second-order valence-electron chi connectivity index (χ2n) is 5.80. The predicted molar refractivity (Wildman–Crippen MR) is 105 cm³/mol. The summed E-state index contributed by atoms with van der Waals surface area (Å²) in [6.07, 6.45) is 3.73. The van der Waals surface area contributed by atoms with Gasteiger partial charge in [0, 0.05) is 20.2 Å². The fourth-order valence-electron chi connectivity index (χ4n) is 2.82. The predicted octanol–water partition coefficient (Wildman–Crippen LogP) is 2.18. The number of hydrogen-bond acceptors (Lipinski definition) is 4. The molecular formula is C17H26IN3O3. The van der Waals surface area contributed by atoms with E-state index in [4.69, 9.17) is 14.2 Å². The number of para-hydroxylation sites is 2. The van der Waals surface area contributed by atoms with E-state index in [9.17, 15) is 0 Å². The van der Waals surface area contributed by atoms with Gasteiger partial charge in [0.1, 0.15) is 12.7 Å². The van der Waals surface area contributed by atoms with Crippen LogP contribution in [0.3, 0.4) is 0 Å². The van der Waals surface area contributed by atoms with E-state index >= 15 is 0 Å². The van der Waals surface area contributed by atoms with Crippen molar-refractivity contribution in [2.75, 3.05) is 33.4 Å². The van der Waals surface area contributed by atoms with Crippen LogP contribution in [0.2, 0.25) is 0 Å². The lowest BCUT2D eigenvalue weighted by atomic mass is 10.2. The zero-order valence-electron chi connectivity index (χ0n) is 14.0. The van der Waals surface area contributed by atoms with Crippen molar-refractivity contribution in [1.82, 2.24) is 10.6 Å². The normalized spacial score (nSPS) is 22.6. The molecule has 1 fully saturated rings. The molecule has 1 saturated heterocycles. The molecule has 134 valence electrons. The minimum Gasteiger partial charge on any atom is -0.486 e.